The minimum absolute atomic E-state index is 0. The van der Waals surface area contributed by atoms with Crippen LogP contribution in [-0.4, -0.2) is 12.5 Å². The number of benzene rings is 2. The molecule has 4 heteroatoms. The Morgan fingerprint density at radius 1 is 1.09 bits per heavy atom. The highest BCUT2D eigenvalue weighted by Gasteiger charge is 2.11. The van der Waals surface area contributed by atoms with E-state index in [2.05, 4.69) is 22.8 Å². The van der Waals surface area contributed by atoms with Gasteiger partial charge in [-0.05, 0) is 62.6 Å². The third-order valence-electron chi connectivity index (χ3n) is 3.79. The van der Waals surface area contributed by atoms with Gasteiger partial charge in [0.2, 0.25) is 0 Å². The Morgan fingerprint density at radius 3 is 2.55 bits per heavy atom. The highest BCUT2D eigenvalue weighted by Crippen LogP contribution is 2.25. The summed E-state index contributed by atoms with van der Waals surface area (Å²) in [6.07, 6.45) is 2.21. The van der Waals surface area contributed by atoms with Gasteiger partial charge in [-0.15, -0.1) is 12.4 Å². The summed E-state index contributed by atoms with van der Waals surface area (Å²) in [6, 6.07) is 12.0. The minimum Gasteiger partial charge on any atom is -0.385 e. The lowest BCUT2D eigenvalue weighted by Crippen LogP contribution is -2.15. The molecule has 0 spiro atoms. The van der Waals surface area contributed by atoms with Crippen LogP contribution < -0.4 is 10.6 Å². The molecule has 0 radical (unpaired) electrons. The monoisotopic (exact) mass is 316 g/mol. The molecule has 0 bridgehead atoms. The lowest BCUT2D eigenvalue weighted by atomic mass is 10.0. The van der Waals surface area contributed by atoms with E-state index in [0.29, 0.717) is 5.56 Å². The summed E-state index contributed by atoms with van der Waals surface area (Å²) in [5, 5.41) is 6.37. The number of fused-ring (bicyclic) bond motifs is 1. The van der Waals surface area contributed by atoms with E-state index in [1.54, 1.807) is 0 Å². The van der Waals surface area contributed by atoms with E-state index < -0.39 is 0 Å². The van der Waals surface area contributed by atoms with Gasteiger partial charge >= 0.3 is 0 Å². The molecule has 22 heavy (non-hydrogen) atoms. The quantitative estimate of drug-likeness (QED) is 0.865. The van der Waals surface area contributed by atoms with E-state index >= 15 is 0 Å². The second kappa shape index (κ2) is 6.84. The number of carbonyl (C=O) groups excluding carboxylic acids is 1. The first-order valence-electron chi connectivity index (χ1n) is 7.38. The van der Waals surface area contributed by atoms with Crippen LogP contribution in [-0.2, 0) is 6.42 Å². The molecule has 0 aliphatic carbocycles. The Labute approximate surface area is 137 Å². The van der Waals surface area contributed by atoms with Crippen molar-refractivity contribution in [3.8, 4) is 0 Å². The average Bonchev–Trinajstić information content (AvgIpc) is 2.46. The third-order valence-corrected chi connectivity index (χ3v) is 3.79. The largest absolute Gasteiger partial charge is 0.385 e. The fourth-order valence-corrected chi connectivity index (χ4v) is 2.86. The first-order valence-corrected chi connectivity index (χ1v) is 7.38. The first-order chi connectivity index (χ1) is 10.1. The number of amides is 1. The van der Waals surface area contributed by atoms with E-state index in [-0.39, 0.29) is 18.3 Å². The van der Waals surface area contributed by atoms with Crippen LogP contribution in [0.25, 0.3) is 0 Å². The van der Waals surface area contributed by atoms with E-state index in [1.807, 2.05) is 38.1 Å². The third kappa shape index (κ3) is 3.60. The Kier molecular flexibility index (Phi) is 5.09. The number of nitrogens with one attached hydrogen (secondary N) is 2. The maximum absolute atomic E-state index is 12.4. The Hall–Kier alpha value is -2.00. The van der Waals surface area contributed by atoms with Crippen LogP contribution in [0.2, 0.25) is 0 Å². The summed E-state index contributed by atoms with van der Waals surface area (Å²) >= 11 is 0. The van der Waals surface area contributed by atoms with Gasteiger partial charge in [0.25, 0.3) is 5.91 Å². The number of hydrogen-bond donors (Lipinski definition) is 2. The average molecular weight is 317 g/mol. The van der Waals surface area contributed by atoms with Crippen molar-refractivity contribution in [1.29, 1.82) is 0 Å². The van der Waals surface area contributed by atoms with Gasteiger partial charge in [-0.2, -0.15) is 0 Å². The molecular formula is C18H21ClN2O. The lowest BCUT2D eigenvalue weighted by molar-refractivity contribution is 0.102. The van der Waals surface area contributed by atoms with Crippen LogP contribution in [0.3, 0.4) is 0 Å². The topological polar surface area (TPSA) is 41.1 Å². The van der Waals surface area contributed by atoms with Crippen LogP contribution >= 0.6 is 12.4 Å². The normalized spacial score (nSPS) is 12.6. The molecule has 0 aromatic heterocycles. The molecule has 3 nitrogen and oxygen atoms in total. The smallest absolute Gasteiger partial charge is 0.255 e. The van der Waals surface area contributed by atoms with Crippen LogP contribution in [0.1, 0.15) is 33.5 Å². The summed E-state index contributed by atoms with van der Waals surface area (Å²) in [7, 11) is 0. The second-order valence-electron chi connectivity index (χ2n) is 5.73. The van der Waals surface area contributed by atoms with Crippen molar-refractivity contribution >= 4 is 29.7 Å². The predicted molar refractivity (Wildman–Crippen MR) is 94.4 cm³/mol. The molecule has 1 heterocycles. The van der Waals surface area contributed by atoms with Crippen molar-refractivity contribution in [2.45, 2.75) is 26.7 Å². The Bertz CT molecular complexity index is 677. The van der Waals surface area contributed by atoms with Crippen molar-refractivity contribution in [3.63, 3.8) is 0 Å². The van der Waals surface area contributed by atoms with Gasteiger partial charge in [-0.3, -0.25) is 4.79 Å². The van der Waals surface area contributed by atoms with Gasteiger partial charge in [0, 0.05) is 23.5 Å². The van der Waals surface area contributed by atoms with Gasteiger partial charge < -0.3 is 10.6 Å². The fourth-order valence-electron chi connectivity index (χ4n) is 2.86. The van der Waals surface area contributed by atoms with Crippen molar-refractivity contribution in [2.75, 3.05) is 17.2 Å². The van der Waals surface area contributed by atoms with Crippen LogP contribution in [0.4, 0.5) is 11.4 Å². The molecule has 0 atom stereocenters. The van der Waals surface area contributed by atoms with E-state index in [0.717, 1.165) is 36.2 Å². The van der Waals surface area contributed by atoms with Crippen molar-refractivity contribution in [3.05, 3.63) is 58.7 Å². The zero-order chi connectivity index (χ0) is 14.8. The fraction of sp³-hybridized carbons (Fsp3) is 0.278. The molecule has 3 rings (SSSR count). The minimum atomic E-state index is -0.0504. The van der Waals surface area contributed by atoms with Crippen LogP contribution in [0.15, 0.2) is 36.4 Å². The van der Waals surface area contributed by atoms with Gasteiger partial charge in [0.1, 0.15) is 0 Å². The summed E-state index contributed by atoms with van der Waals surface area (Å²) in [6.45, 7) is 5.05. The molecule has 0 saturated carbocycles. The number of aryl methyl sites for hydroxylation is 3. The summed E-state index contributed by atoms with van der Waals surface area (Å²) < 4.78 is 0. The van der Waals surface area contributed by atoms with Gasteiger partial charge in [-0.1, -0.05) is 17.2 Å². The molecule has 0 fully saturated rings. The van der Waals surface area contributed by atoms with E-state index in [4.69, 9.17) is 0 Å². The van der Waals surface area contributed by atoms with Gasteiger partial charge in [0.05, 0.1) is 0 Å². The van der Waals surface area contributed by atoms with E-state index in [9.17, 15) is 4.79 Å². The number of rotatable bonds is 2. The molecule has 2 aromatic rings. The zero-order valence-corrected chi connectivity index (χ0v) is 13.7. The summed E-state index contributed by atoms with van der Waals surface area (Å²) in [4.78, 5) is 12.4. The predicted octanol–water partition coefficient (Wildman–Crippen LogP) is 4.34. The number of carbonyl (C=O) groups is 1. The van der Waals surface area contributed by atoms with Crippen molar-refractivity contribution in [2.24, 2.45) is 0 Å². The van der Waals surface area contributed by atoms with Crippen molar-refractivity contribution < 1.29 is 4.79 Å². The zero-order valence-electron chi connectivity index (χ0n) is 12.9. The summed E-state index contributed by atoms with van der Waals surface area (Å²) in [5.41, 5.74) is 6.25. The molecule has 116 valence electrons. The maximum atomic E-state index is 12.4. The second-order valence-corrected chi connectivity index (χ2v) is 5.73. The molecule has 1 aliphatic rings. The number of halogens is 1. The lowest BCUT2D eigenvalue weighted by Gasteiger charge is -2.18. The Balaban J connectivity index is 0.00000176. The maximum Gasteiger partial charge on any atom is 0.255 e. The van der Waals surface area contributed by atoms with Crippen molar-refractivity contribution in [1.82, 2.24) is 0 Å². The molecular weight excluding hydrogens is 296 g/mol. The number of anilines is 2. The van der Waals surface area contributed by atoms with Gasteiger partial charge in [0.15, 0.2) is 0 Å². The Morgan fingerprint density at radius 2 is 1.82 bits per heavy atom. The van der Waals surface area contributed by atoms with Crippen LogP contribution in [0, 0.1) is 13.8 Å². The molecule has 0 unspecified atom stereocenters. The molecule has 1 aliphatic heterocycles. The molecule has 1 amide bonds. The van der Waals surface area contributed by atoms with Gasteiger partial charge in [-0.25, -0.2) is 0 Å². The van der Waals surface area contributed by atoms with E-state index in [1.165, 1.54) is 11.3 Å². The number of hydrogen-bond acceptors (Lipinski definition) is 2. The highest BCUT2D eigenvalue weighted by molar-refractivity contribution is 6.04. The molecule has 2 N–H and O–H groups in total. The first kappa shape index (κ1) is 16.4. The SMILES string of the molecule is Cc1cc(C)cc(C(=O)Nc2ccc3c(c2)CCCN3)c1.Cl. The summed E-state index contributed by atoms with van der Waals surface area (Å²) in [5.74, 6) is -0.0504. The van der Waals surface area contributed by atoms with Crippen LogP contribution in [0.5, 0.6) is 0 Å². The standard InChI is InChI=1S/C18H20N2O.ClH/c1-12-8-13(2)10-15(9-12)18(21)20-16-5-6-17-14(11-16)4-3-7-19-17;/h5-6,8-11,19H,3-4,7H2,1-2H3,(H,20,21);1H. The molecule has 0 saturated heterocycles. The highest BCUT2D eigenvalue weighted by atomic mass is 35.5. The molecule has 2 aromatic carbocycles.